The molecule has 0 radical (unpaired) electrons. The fourth-order valence-electron chi connectivity index (χ4n) is 0.886. The van der Waals surface area contributed by atoms with E-state index in [-0.39, 0.29) is 11.3 Å². The number of hydrogen-bond acceptors (Lipinski definition) is 6. The molecule has 1 rings (SSSR count). The zero-order valence-electron chi connectivity index (χ0n) is 8.84. The number of furan rings is 1. The minimum Gasteiger partial charge on any atom is -0.457 e. The van der Waals surface area contributed by atoms with Crippen molar-refractivity contribution < 1.29 is 27.6 Å². The van der Waals surface area contributed by atoms with Crippen LogP contribution in [0.4, 0.5) is 0 Å². The van der Waals surface area contributed by atoms with Gasteiger partial charge in [-0.1, -0.05) is 0 Å². The maximum Gasteiger partial charge on any atom is 0.395 e. The van der Waals surface area contributed by atoms with Crippen LogP contribution in [0.2, 0.25) is 0 Å². The number of carbonyl (C=O) groups is 1. The van der Waals surface area contributed by atoms with Gasteiger partial charge in [0.05, 0.1) is 6.26 Å². The third-order valence-electron chi connectivity index (χ3n) is 1.72. The van der Waals surface area contributed by atoms with Gasteiger partial charge >= 0.3 is 13.6 Å². The average molecular weight is 246 g/mol. The lowest BCUT2D eigenvalue weighted by atomic mass is 10.5. The second kappa shape index (κ2) is 5.12. The Balaban J connectivity index is 2.72. The average Bonchev–Trinajstić information content (AvgIpc) is 2.81. The largest absolute Gasteiger partial charge is 0.457 e. The summed E-state index contributed by atoms with van der Waals surface area (Å²) in [6, 6.07) is 2.92. The van der Waals surface area contributed by atoms with Crippen LogP contribution in [0, 0.1) is 0 Å². The molecule has 0 saturated heterocycles. The van der Waals surface area contributed by atoms with Crippen LogP contribution in [0.1, 0.15) is 10.6 Å². The Morgan fingerprint density at radius 1 is 1.44 bits per heavy atom. The van der Waals surface area contributed by atoms with Crippen molar-refractivity contribution in [1.29, 1.82) is 0 Å². The van der Waals surface area contributed by atoms with Crippen molar-refractivity contribution in [3.05, 3.63) is 36.2 Å². The van der Waals surface area contributed by atoms with Gasteiger partial charge in [-0.05, 0) is 18.7 Å². The highest BCUT2D eigenvalue weighted by Gasteiger charge is 2.30. The van der Waals surface area contributed by atoms with E-state index in [4.69, 9.17) is 9.15 Å². The molecule has 6 nitrogen and oxygen atoms in total. The van der Waals surface area contributed by atoms with E-state index in [1.54, 1.807) is 0 Å². The van der Waals surface area contributed by atoms with E-state index in [1.165, 1.54) is 18.4 Å². The molecule has 7 heteroatoms. The van der Waals surface area contributed by atoms with E-state index in [9.17, 15) is 9.36 Å². The van der Waals surface area contributed by atoms with Crippen LogP contribution in [0.5, 0.6) is 0 Å². The van der Waals surface area contributed by atoms with E-state index in [0.29, 0.717) is 0 Å². The Bertz CT molecular complexity index is 413. The monoisotopic (exact) mass is 246 g/mol. The zero-order valence-corrected chi connectivity index (χ0v) is 9.73. The predicted molar refractivity (Wildman–Crippen MR) is 54.9 cm³/mol. The van der Waals surface area contributed by atoms with Crippen molar-refractivity contribution >= 4 is 13.6 Å². The zero-order chi connectivity index (χ0) is 12.2. The van der Waals surface area contributed by atoms with E-state index in [1.807, 2.05) is 0 Å². The van der Waals surface area contributed by atoms with Crippen LogP contribution < -0.4 is 0 Å². The lowest BCUT2D eigenvalue weighted by molar-refractivity contribution is 0.0599. The summed E-state index contributed by atoms with van der Waals surface area (Å²) in [7, 11) is -1.28. The van der Waals surface area contributed by atoms with Crippen LogP contribution in [0.25, 0.3) is 0 Å². The molecule has 0 atom stereocenters. The van der Waals surface area contributed by atoms with Gasteiger partial charge in [0.25, 0.3) is 0 Å². The third-order valence-corrected chi connectivity index (χ3v) is 3.38. The molecule has 0 aromatic carbocycles. The van der Waals surface area contributed by atoms with Gasteiger partial charge in [0, 0.05) is 14.2 Å². The SMILES string of the molecule is C=C(OC(=O)c1ccco1)P(=O)(OC)OC. The van der Waals surface area contributed by atoms with Crippen molar-refractivity contribution in [1.82, 2.24) is 0 Å². The van der Waals surface area contributed by atoms with Gasteiger partial charge < -0.3 is 18.2 Å². The standard InChI is InChI=1S/C9H11O6P/c1-7(16(11,12-2)13-3)15-9(10)8-5-4-6-14-8/h4-6H,1H2,2-3H3. The lowest BCUT2D eigenvalue weighted by Gasteiger charge is -2.14. The number of ether oxygens (including phenoxy) is 1. The highest BCUT2D eigenvalue weighted by Crippen LogP contribution is 2.54. The maximum atomic E-state index is 11.7. The highest BCUT2D eigenvalue weighted by molar-refractivity contribution is 7.58. The third kappa shape index (κ3) is 2.61. The van der Waals surface area contributed by atoms with Crippen molar-refractivity contribution in [2.75, 3.05) is 14.2 Å². The van der Waals surface area contributed by atoms with Gasteiger partial charge in [0.2, 0.25) is 11.3 Å². The minimum absolute atomic E-state index is 0.0279. The van der Waals surface area contributed by atoms with Gasteiger partial charge in [-0.15, -0.1) is 0 Å². The number of hydrogen-bond donors (Lipinski definition) is 0. The van der Waals surface area contributed by atoms with Crippen molar-refractivity contribution in [3.63, 3.8) is 0 Å². The van der Waals surface area contributed by atoms with Gasteiger partial charge in [-0.2, -0.15) is 0 Å². The second-order valence-electron chi connectivity index (χ2n) is 2.62. The molecule has 0 aliphatic heterocycles. The first-order valence-corrected chi connectivity index (χ1v) is 5.74. The molecule has 0 saturated carbocycles. The molecule has 0 aliphatic carbocycles. The minimum atomic E-state index is -3.61. The van der Waals surface area contributed by atoms with Crippen LogP contribution in [-0.2, 0) is 18.3 Å². The Hall–Kier alpha value is -1.36. The molecule has 0 bridgehead atoms. The van der Waals surface area contributed by atoms with Crippen LogP contribution in [0.15, 0.2) is 34.9 Å². The summed E-state index contributed by atoms with van der Waals surface area (Å²) < 4.78 is 30.4. The topological polar surface area (TPSA) is 75.0 Å². The summed E-state index contributed by atoms with van der Waals surface area (Å²) in [6.45, 7) is 3.32. The van der Waals surface area contributed by atoms with E-state index < -0.39 is 13.6 Å². The molecule has 1 heterocycles. The van der Waals surface area contributed by atoms with E-state index in [2.05, 4.69) is 15.6 Å². The van der Waals surface area contributed by atoms with Crippen LogP contribution in [0.3, 0.4) is 0 Å². The second-order valence-corrected chi connectivity index (χ2v) is 4.85. The Morgan fingerprint density at radius 2 is 2.06 bits per heavy atom. The first-order valence-electron chi connectivity index (χ1n) is 4.20. The molecule has 0 fully saturated rings. The molecule has 0 spiro atoms. The summed E-state index contributed by atoms with van der Waals surface area (Å²) in [5.74, 6) is -0.843. The molecule has 16 heavy (non-hydrogen) atoms. The number of rotatable bonds is 5. The first-order chi connectivity index (χ1) is 7.53. The number of carbonyl (C=O) groups excluding carboxylic acids is 1. The van der Waals surface area contributed by atoms with Crippen LogP contribution >= 0.6 is 7.60 Å². The fraction of sp³-hybridized carbons (Fsp3) is 0.222. The molecule has 0 amide bonds. The molecule has 0 aliphatic rings. The summed E-state index contributed by atoms with van der Waals surface area (Å²) >= 11 is 0. The molecule has 88 valence electrons. The van der Waals surface area contributed by atoms with Crippen molar-refractivity contribution in [3.8, 4) is 0 Å². The van der Waals surface area contributed by atoms with Gasteiger partial charge in [-0.3, -0.25) is 4.57 Å². The summed E-state index contributed by atoms with van der Waals surface area (Å²) in [6.07, 6.45) is 1.31. The Morgan fingerprint density at radius 3 is 2.50 bits per heavy atom. The van der Waals surface area contributed by atoms with E-state index in [0.717, 1.165) is 14.2 Å². The molecule has 1 aromatic heterocycles. The lowest BCUT2D eigenvalue weighted by Crippen LogP contribution is -2.05. The van der Waals surface area contributed by atoms with Gasteiger partial charge in [-0.25, -0.2) is 4.79 Å². The van der Waals surface area contributed by atoms with E-state index >= 15 is 0 Å². The van der Waals surface area contributed by atoms with Crippen molar-refractivity contribution in [2.24, 2.45) is 0 Å². The first kappa shape index (κ1) is 12.7. The van der Waals surface area contributed by atoms with Crippen LogP contribution in [-0.4, -0.2) is 20.2 Å². The molecule has 0 unspecified atom stereocenters. The normalized spacial score (nSPS) is 11.1. The Labute approximate surface area is 92.3 Å². The molecular formula is C9H11O6P. The van der Waals surface area contributed by atoms with Gasteiger partial charge in [0.15, 0.2) is 0 Å². The number of esters is 1. The molecule has 0 N–H and O–H groups in total. The van der Waals surface area contributed by atoms with Crippen molar-refractivity contribution in [2.45, 2.75) is 0 Å². The Kier molecular flexibility index (Phi) is 4.06. The molecular weight excluding hydrogens is 235 g/mol. The fourth-order valence-corrected chi connectivity index (χ4v) is 1.64. The predicted octanol–water partition coefficient (Wildman–Crippen LogP) is 2.39. The smallest absolute Gasteiger partial charge is 0.395 e. The maximum absolute atomic E-state index is 11.7. The quantitative estimate of drug-likeness (QED) is 0.451. The summed E-state index contributed by atoms with van der Waals surface area (Å²) in [4.78, 5) is 11.4. The van der Waals surface area contributed by atoms with Gasteiger partial charge in [0.1, 0.15) is 0 Å². The summed E-state index contributed by atoms with van der Waals surface area (Å²) in [5, 5.41) is 0. The molecule has 1 aromatic rings. The highest BCUT2D eigenvalue weighted by atomic mass is 31.2. The summed E-state index contributed by atoms with van der Waals surface area (Å²) in [5.41, 5.74) is -0.390.